The first-order valence-corrected chi connectivity index (χ1v) is 10.6. The molecule has 5 heteroatoms. The smallest absolute Gasteiger partial charge is 0.338 e. The highest BCUT2D eigenvalue weighted by Gasteiger charge is 2.10. The first kappa shape index (κ1) is 23.1. The first-order valence-electron chi connectivity index (χ1n) is 10.6. The van der Waals surface area contributed by atoms with Crippen LogP contribution in [0.25, 0.3) is 0 Å². The minimum absolute atomic E-state index is 0.0250. The summed E-state index contributed by atoms with van der Waals surface area (Å²) in [4.78, 5) is 22.0. The first-order chi connectivity index (χ1) is 13.1. The predicted molar refractivity (Wildman–Crippen MR) is 109 cm³/mol. The molecule has 0 aromatic heterocycles. The van der Waals surface area contributed by atoms with Gasteiger partial charge < -0.3 is 4.74 Å². The molecule has 5 nitrogen and oxygen atoms in total. The molecular formula is C22H35NO4. The van der Waals surface area contributed by atoms with Crippen LogP contribution in [-0.4, -0.2) is 17.5 Å². The number of esters is 1. The minimum atomic E-state index is -0.483. The molecular weight excluding hydrogens is 342 g/mol. The van der Waals surface area contributed by atoms with Gasteiger partial charge in [-0.05, 0) is 18.6 Å². The lowest BCUT2D eigenvalue weighted by atomic mass is 10.0. The van der Waals surface area contributed by atoms with Crippen molar-refractivity contribution in [1.29, 1.82) is 0 Å². The summed E-state index contributed by atoms with van der Waals surface area (Å²) in [5.41, 5.74) is 0.332. The standard InChI is InChI=1S/C22H35NO4/c1-2-3-4-5-6-7-8-9-10-11-12-13-14-19-27-22(24)20-15-17-21(18-16-20)23(25)26/h15-18H,2-14,19H2,1H3. The molecule has 0 amide bonds. The molecule has 0 saturated heterocycles. The number of benzene rings is 1. The zero-order chi connectivity index (χ0) is 19.7. The summed E-state index contributed by atoms with van der Waals surface area (Å²) >= 11 is 0. The molecule has 0 radical (unpaired) electrons. The summed E-state index contributed by atoms with van der Waals surface area (Å²) in [7, 11) is 0. The van der Waals surface area contributed by atoms with Gasteiger partial charge in [-0.2, -0.15) is 0 Å². The van der Waals surface area contributed by atoms with E-state index in [0.29, 0.717) is 12.2 Å². The van der Waals surface area contributed by atoms with Crippen LogP contribution in [0.1, 0.15) is 101 Å². The number of hydrogen-bond acceptors (Lipinski definition) is 4. The van der Waals surface area contributed by atoms with Crippen molar-refractivity contribution < 1.29 is 14.5 Å². The van der Waals surface area contributed by atoms with E-state index in [-0.39, 0.29) is 5.69 Å². The van der Waals surface area contributed by atoms with Gasteiger partial charge in [0, 0.05) is 12.1 Å². The number of nitro benzene ring substituents is 1. The van der Waals surface area contributed by atoms with Gasteiger partial charge in [-0.1, -0.05) is 84.0 Å². The third-order valence-corrected chi connectivity index (χ3v) is 4.79. The summed E-state index contributed by atoms with van der Waals surface area (Å²) < 4.78 is 5.22. The minimum Gasteiger partial charge on any atom is -0.462 e. The van der Waals surface area contributed by atoms with Gasteiger partial charge >= 0.3 is 5.97 Å². The number of rotatable bonds is 16. The Morgan fingerprint density at radius 2 is 1.26 bits per heavy atom. The van der Waals surface area contributed by atoms with E-state index in [9.17, 15) is 14.9 Å². The van der Waals surface area contributed by atoms with E-state index in [4.69, 9.17) is 4.74 Å². The maximum absolute atomic E-state index is 11.9. The van der Waals surface area contributed by atoms with Crippen molar-refractivity contribution in [2.75, 3.05) is 6.61 Å². The molecule has 0 aliphatic carbocycles. The van der Waals surface area contributed by atoms with Crippen molar-refractivity contribution in [1.82, 2.24) is 0 Å². The normalized spacial score (nSPS) is 10.7. The highest BCUT2D eigenvalue weighted by molar-refractivity contribution is 5.89. The summed E-state index contributed by atoms with van der Waals surface area (Å²) in [5, 5.41) is 10.6. The van der Waals surface area contributed by atoms with Gasteiger partial charge in [-0.25, -0.2) is 4.79 Å². The lowest BCUT2D eigenvalue weighted by molar-refractivity contribution is -0.384. The summed E-state index contributed by atoms with van der Waals surface area (Å²) in [5.74, 6) is -0.413. The Balaban J connectivity index is 1.92. The van der Waals surface area contributed by atoms with Crippen LogP contribution in [-0.2, 0) is 4.74 Å². The molecule has 0 atom stereocenters. The molecule has 0 N–H and O–H groups in total. The third kappa shape index (κ3) is 11.4. The quantitative estimate of drug-likeness (QED) is 0.137. The average molecular weight is 378 g/mol. The molecule has 0 unspecified atom stereocenters. The van der Waals surface area contributed by atoms with Crippen LogP contribution in [0.15, 0.2) is 24.3 Å². The third-order valence-electron chi connectivity index (χ3n) is 4.79. The van der Waals surface area contributed by atoms with E-state index in [0.717, 1.165) is 12.8 Å². The van der Waals surface area contributed by atoms with E-state index in [1.54, 1.807) is 0 Å². The summed E-state index contributed by atoms with van der Waals surface area (Å²) in [6.07, 6.45) is 16.6. The highest BCUT2D eigenvalue weighted by Crippen LogP contribution is 2.14. The molecule has 0 bridgehead atoms. The van der Waals surface area contributed by atoms with Crippen molar-refractivity contribution in [3.8, 4) is 0 Å². The molecule has 0 aliphatic heterocycles. The van der Waals surface area contributed by atoms with E-state index in [1.165, 1.54) is 94.9 Å². The molecule has 152 valence electrons. The zero-order valence-corrected chi connectivity index (χ0v) is 16.8. The molecule has 1 aromatic carbocycles. The van der Waals surface area contributed by atoms with Gasteiger partial charge in [0.25, 0.3) is 5.69 Å². The SMILES string of the molecule is CCCCCCCCCCCCCCCOC(=O)c1ccc([N+](=O)[O-])cc1. The number of nitrogens with zero attached hydrogens (tertiary/aromatic N) is 1. The Morgan fingerprint density at radius 1 is 0.815 bits per heavy atom. The van der Waals surface area contributed by atoms with Crippen LogP contribution in [0, 0.1) is 10.1 Å². The van der Waals surface area contributed by atoms with E-state index >= 15 is 0 Å². The van der Waals surface area contributed by atoms with Crippen molar-refractivity contribution in [2.45, 2.75) is 90.4 Å². The Bertz CT molecular complexity index is 528. The number of non-ortho nitro benzene ring substituents is 1. The van der Waals surface area contributed by atoms with Crippen molar-refractivity contribution in [3.63, 3.8) is 0 Å². The molecule has 0 heterocycles. The summed E-state index contributed by atoms with van der Waals surface area (Å²) in [6, 6.07) is 5.51. The zero-order valence-electron chi connectivity index (χ0n) is 16.8. The average Bonchev–Trinajstić information content (AvgIpc) is 2.68. The van der Waals surface area contributed by atoms with Crippen LogP contribution in [0.3, 0.4) is 0 Å². The van der Waals surface area contributed by atoms with Gasteiger partial charge in [0.1, 0.15) is 0 Å². The largest absolute Gasteiger partial charge is 0.462 e. The number of carbonyl (C=O) groups is 1. The van der Waals surface area contributed by atoms with Gasteiger partial charge in [-0.3, -0.25) is 10.1 Å². The monoisotopic (exact) mass is 377 g/mol. The van der Waals surface area contributed by atoms with Gasteiger partial charge in [0.15, 0.2) is 0 Å². The molecule has 0 aliphatic rings. The fourth-order valence-corrected chi connectivity index (χ4v) is 3.09. The number of unbranched alkanes of at least 4 members (excludes halogenated alkanes) is 12. The van der Waals surface area contributed by atoms with E-state index in [1.807, 2.05) is 0 Å². The fraction of sp³-hybridized carbons (Fsp3) is 0.682. The van der Waals surface area contributed by atoms with E-state index in [2.05, 4.69) is 6.92 Å². The van der Waals surface area contributed by atoms with Crippen LogP contribution < -0.4 is 0 Å². The van der Waals surface area contributed by atoms with Crippen molar-refractivity contribution in [3.05, 3.63) is 39.9 Å². The Labute approximate surface area is 163 Å². The molecule has 1 rings (SSSR count). The molecule has 0 fully saturated rings. The van der Waals surface area contributed by atoms with Crippen LogP contribution in [0.5, 0.6) is 0 Å². The van der Waals surface area contributed by atoms with Gasteiger partial charge in [0.05, 0.1) is 17.1 Å². The Hall–Kier alpha value is -1.91. The van der Waals surface area contributed by atoms with Crippen molar-refractivity contribution in [2.24, 2.45) is 0 Å². The van der Waals surface area contributed by atoms with Crippen LogP contribution >= 0.6 is 0 Å². The van der Waals surface area contributed by atoms with Crippen molar-refractivity contribution >= 4 is 11.7 Å². The lowest BCUT2D eigenvalue weighted by Gasteiger charge is -2.05. The van der Waals surface area contributed by atoms with E-state index < -0.39 is 10.9 Å². The number of nitro groups is 1. The predicted octanol–water partition coefficient (Wildman–Crippen LogP) is 6.84. The second-order valence-corrected chi connectivity index (χ2v) is 7.18. The Kier molecular flexibility index (Phi) is 13.0. The van der Waals surface area contributed by atoms with Gasteiger partial charge in [0.2, 0.25) is 0 Å². The maximum Gasteiger partial charge on any atom is 0.338 e. The molecule has 0 saturated carbocycles. The van der Waals surface area contributed by atoms with Gasteiger partial charge in [-0.15, -0.1) is 0 Å². The highest BCUT2D eigenvalue weighted by atomic mass is 16.6. The van der Waals surface area contributed by atoms with Crippen LogP contribution in [0.4, 0.5) is 5.69 Å². The number of ether oxygens (including phenoxy) is 1. The Morgan fingerprint density at radius 3 is 1.70 bits per heavy atom. The number of carbonyl (C=O) groups excluding carboxylic acids is 1. The molecule has 1 aromatic rings. The molecule has 27 heavy (non-hydrogen) atoms. The van der Waals surface area contributed by atoms with Crippen LogP contribution in [0.2, 0.25) is 0 Å². The topological polar surface area (TPSA) is 69.4 Å². The second kappa shape index (κ2) is 15.2. The summed E-state index contributed by atoms with van der Waals surface area (Å²) in [6.45, 7) is 2.66. The second-order valence-electron chi connectivity index (χ2n) is 7.18. The fourth-order valence-electron chi connectivity index (χ4n) is 3.09. The lowest BCUT2D eigenvalue weighted by Crippen LogP contribution is -2.06. The number of hydrogen-bond donors (Lipinski definition) is 0. The maximum atomic E-state index is 11.9. The molecule has 0 spiro atoms.